The van der Waals surface area contributed by atoms with Gasteiger partial charge in [-0.05, 0) is 30.9 Å². The molecule has 0 unspecified atom stereocenters. The van der Waals surface area contributed by atoms with E-state index in [0.717, 1.165) is 12.2 Å². The summed E-state index contributed by atoms with van der Waals surface area (Å²) in [6.07, 6.45) is 6.38. The molecule has 0 spiro atoms. The van der Waals surface area contributed by atoms with Gasteiger partial charge < -0.3 is 14.8 Å². The maximum atomic E-state index is 12.3. The molecule has 1 N–H and O–H groups in total. The van der Waals surface area contributed by atoms with Crippen molar-refractivity contribution in [2.75, 3.05) is 19.0 Å². The van der Waals surface area contributed by atoms with Crippen LogP contribution in [0.15, 0.2) is 18.2 Å². The lowest BCUT2D eigenvalue weighted by Gasteiger charge is -2.22. The van der Waals surface area contributed by atoms with E-state index in [1.807, 2.05) is 6.07 Å². The number of hydrogen-bond acceptors (Lipinski definition) is 3. The fourth-order valence-corrected chi connectivity index (χ4v) is 2.63. The van der Waals surface area contributed by atoms with E-state index in [0.29, 0.717) is 11.7 Å². The lowest BCUT2D eigenvalue weighted by molar-refractivity contribution is -0.0511. The smallest absolute Gasteiger partial charge is 0.387 e. The molecule has 0 heterocycles. The fraction of sp³-hybridized carbons (Fsp3) is 0.600. The summed E-state index contributed by atoms with van der Waals surface area (Å²) in [7, 11) is 1.43. The van der Waals surface area contributed by atoms with E-state index < -0.39 is 6.61 Å². The Hall–Kier alpha value is -1.52. The highest BCUT2D eigenvalue weighted by atomic mass is 19.3. The lowest BCUT2D eigenvalue weighted by atomic mass is 9.89. The Balaban J connectivity index is 1.96. The first-order valence-corrected chi connectivity index (χ1v) is 7.05. The fourth-order valence-electron chi connectivity index (χ4n) is 2.63. The molecular formula is C15H21F2NO2. The van der Waals surface area contributed by atoms with Gasteiger partial charge in [0.25, 0.3) is 0 Å². The normalized spacial score (nSPS) is 16.2. The van der Waals surface area contributed by atoms with Gasteiger partial charge in [0, 0.05) is 18.3 Å². The SMILES string of the molecule is COc1ccc(NCC2CCCCC2)cc1OC(F)F. The molecule has 0 bridgehead atoms. The third kappa shape index (κ3) is 4.25. The molecule has 0 saturated heterocycles. The minimum absolute atomic E-state index is 0.0659. The zero-order valence-corrected chi connectivity index (χ0v) is 11.7. The minimum Gasteiger partial charge on any atom is -0.493 e. The third-order valence-corrected chi connectivity index (χ3v) is 3.70. The van der Waals surface area contributed by atoms with E-state index in [2.05, 4.69) is 10.1 Å². The lowest BCUT2D eigenvalue weighted by Crippen LogP contribution is -2.17. The molecule has 1 saturated carbocycles. The molecule has 1 aromatic carbocycles. The van der Waals surface area contributed by atoms with Gasteiger partial charge in [0.1, 0.15) is 0 Å². The first-order valence-electron chi connectivity index (χ1n) is 7.05. The van der Waals surface area contributed by atoms with Gasteiger partial charge in [-0.2, -0.15) is 8.78 Å². The second kappa shape index (κ2) is 7.31. The number of methoxy groups -OCH3 is 1. The van der Waals surface area contributed by atoms with E-state index in [-0.39, 0.29) is 5.75 Å². The largest absolute Gasteiger partial charge is 0.493 e. The summed E-state index contributed by atoms with van der Waals surface area (Å²) in [5.41, 5.74) is 0.784. The number of benzene rings is 1. The third-order valence-electron chi connectivity index (χ3n) is 3.70. The molecule has 0 aromatic heterocycles. The summed E-state index contributed by atoms with van der Waals surface area (Å²) in [6, 6.07) is 5.02. The molecule has 2 rings (SSSR count). The van der Waals surface area contributed by atoms with Crippen LogP contribution in [-0.4, -0.2) is 20.3 Å². The van der Waals surface area contributed by atoms with Crippen LogP contribution >= 0.6 is 0 Å². The van der Waals surface area contributed by atoms with Crippen molar-refractivity contribution in [1.29, 1.82) is 0 Å². The first-order chi connectivity index (χ1) is 9.69. The summed E-state index contributed by atoms with van der Waals surface area (Å²) in [5.74, 6) is 1.05. The zero-order valence-electron chi connectivity index (χ0n) is 11.7. The van der Waals surface area contributed by atoms with Crippen LogP contribution in [0.5, 0.6) is 11.5 Å². The standard InChI is InChI=1S/C15H21F2NO2/c1-19-13-8-7-12(9-14(13)20-15(16)17)18-10-11-5-3-2-4-6-11/h7-9,11,15,18H,2-6,10H2,1H3. The maximum absolute atomic E-state index is 12.3. The monoisotopic (exact) mass is 285 g/mol. The Bertz CT molecular complexity index is 420. The Morgan fingerprint density at radius 2 is 1.95 bits per heavy atom. The van der Waals surface area contributed by atoms with Crippen molar-refractivity contribution in [2.45, 2.75) is 38.7 Å². The van der Waals surface area contributed by atoms with E-state index >= 15 is 0 Å². The van der Waals surface area contributed by atoms with Gasteiger partial charge in [-0.25, -0.2) is 0 Å². The van der Waals surface area contributed by atoms with Gasteiger partial charge in [-0.15, -0.1) is 0 Å². The van der Waals surface area contributed by atoms with Crippen LogP contribution < -0.4 is 14.8 Å². The second-order valence-electron chi connectivity index (χ2n) is 5.13. The van der Waals surface area contributed by atoms with Gasteiger partial charge in [-0.1, -0.05) is 19.3 Å². The van der Waals surface area contributed by atoms with Crippen molar-refractivity contribution in [2.24, 2.45) is 5.92 Å². The van der Waals surface area contributed by atoms with E-state index in [1.54, 1.807) is 12.1 Å². The van der Waals surface area contributed by atoms with Gasteiger partial charge in [-0.3, -0.25) is 0 Å². The highest BCUT2D eigenvalue weighted by molar-refractivity contribution is 5.54. The van der Waals surface area contributed by atoms with E-state index in [1.165, 1.54) is 39.2 Å². The van der Waals surface area contributed by atoms with Crippen molar-refractivity contribution in [1.82, 2.24) is 0 Å². The number of anilines is 1. The summed E-state index contributed by atoms with van der Waals surface area (Å²) >= 11 is 0. The van der Waals surface area contributed by atoms with Crippen LogP contribution in [0, 0.1) is 5.92 Å². The van der Waals surface area contributed by atoms with Crippen LogP contribution in [0.4, 0.5) is 14.5 Å². The predicted octanol–water partition coefficient (Wildman–Crippen LogP) is 4.29. The van der Waals surface area contributed by atoms with Crippen LogP contribution in [0.1, 0.15) is 32.1 Å². The van der Waals surface area contributed by atoms with Crippen LogP contribution in [0.3, 0.4) is 0 Å². The molecule has 0 radical (unpaired) electrons. The number of rotatable bonds is 6. The minimum atomic E-state index is -2.85. The average molecular weight is 285 g/mol. The Labute approximate surface area is 118 Å². The molecule has 112 valence electrons. The quantitative estimate of drug-likeness (QED) is 0.845. The zero-order chi connectivity index (χ0) is 14.4. The van der Waals surface area contributed by atoms with Gasteiger partial charge in [0.15, 0.2) is 11.5 Å². The Morgan fingerprint density at radius 3 is 2.60 bits per heavy atom. The van der Waals surface area contributed by atoms with E-state index in [9.17, 15) is 8.78 Å². The van der Waals surface area contributed by atoms with Gasteiger partial charge >= 0.3 is 6.61 Å². The molecule has 20 heavy (non-hydrogen) atoms. The van der Waals surface area contributed by atoms with Crippen LogP contribution in [-0.2, 0) is 0 Å². The highest BCUT2D eigenvalue weighted by Gasteiger charge is 2.14. The molecule has 1 aromatic rings. The maximum Gasteiger partial charge on any atom is 0.387 e. The van der Waals surface area contributed by atoms with Crippen LogP contribution in [0.2, 0.25) is 0 Å². The van der Waals surface area contributed by atoms with Crippen molar-refractivity contribution in [3.8, 4) is 11.5 Å². The molecule has 1 aliphatic carbocycles. The molecule has 1 aliphatic rings. The Kier molecular flexibility index (Phi) is 5.44. The highest BCUT2D eigenvalue weighted by Crippen LogP contribution is 2.32. The number of halogens is 2. The van der Waals surface area contributed by atoms with Gasteiger partial charge in [0.2, 0.25) is 0 Å². The molecular weight excluding hydrogens is 264 g/mol. The Morgan fingerprint density at radius 1 is 1.20 bits per heavy atom. The number of alkyl halides is 2. The van der Waals surface area contributed by atoms with Crippen molar-refractivity contribution >= 4 is 5.69 Å². The topological polar surface area (TPSA) is 30.5 Å². The van der Waals surface area contributed by atoms with E-state index in [4.69, 9.17) is 4.74 Å². The molecule has 5 heteroatoms. The van der Waals surface area contributed by atoms with Crippen molar-refractivity contribution < 1.29 is 18.3 Å². The van der Waals surface area contributed by atoms with Crippen molar-refractivity contribution in [3.63, 3.8) is 0 Å². The molecule has 1 fully saturated rings. The van der Waals surface area contributed by atoms with Crippen molar-refractivity contribution in [3.05, 3.63) is 18.2 Å². The molecule has 3 nitrogen and oxygen atoms in total. The number of ether oxygens (including phenoxy) is 2. The first kappa shape index (κ1) is 14.9. The molecule has 0 aliphatic heterocycles. The molecule has 0 atom stereocenters. The summed E-state index contributed by atoms with van der Waals surface area (Å²) in [6.45, 7) is -1.97. The second-order valence-corrected chi connectivity index (χ2v) is 5.13. The predicted molar refractivity (Wildman–Crippen MR) is 74.7 cm³/mol. The average Bonchev–Trinajstić information content (AvgIpc) is 2.46. The number of nitrogens with one attached hydrogen (secondary N) is 1. The van der Waals surface area contributed by atoms with Crippen LogP contribution in [0.25, 0.3) is 0 Å². The summed E-state index contributed by atoms with van der Waals surface area (Å²) < 4.78 is 34.2. The summed E-state index contributed by atoms with van der Waals surface area (Å²) in [5, 5.41) is 3.30. The number of hydrogen-bond donors (Lipinski definition) is 1. The summed E-state index contributed by atoms with van der Waals surface area (Å²) in [4.78, 5) is 0. The molecule has 0 amide bonds. The van der Waals surface area contributed by atoms with Gasteiger partial charge in [0.05, 0.1) is 7.11 Å².